The van der Waals surface area contributed by atoms with Gasteiger partial charge in [-0.15, -0.1) is 0 Å². The lowest BCUT2D eigenvalue weighted by molar-refractivity contribution is 0.0693. The van der Waals surface area contributed by atoms with Gasteiger partial charge < -0.3 is 9.67 Å². The number of aromatic nitrogens is 1. The van der Waals surface area contributed by atoms with Crippen LogP contribution in [0.2, 0.25) is 0 Å². The summed E-state index contributed by atoms with van der Waals surface area (Å²) >= 11 is 0. The highest BCUT2D eigenvalue weighted by Gasteiger charge is 2.16. The van der Waals surface area contributed by atoms with Crippen molar-refractivity contribution in [2.75, 3.05) is 0 Å². The van der Waals surface area contributed by atoms with E-state index < -0.39 is 11.5 Å². The average Bonchev–Trinajstić information content (AvgIpc) is 2.42. The standard InChI is InChI=1S/C16H17NO3/c1-11-10-17(9-8-13-6-4-3-5-7-13)15(18)14(12(11)2)16(19)20/h3-7,10H,8-9H2,1-2H3,(H,19,20). The molecule has 0 bridgehead atoms. The van der Waals surface area contributed by atoms with Gasteiger partial charge in [-0.3, -0.25) is 4.79 Å². The van der Waals surface area contributed by atoms with Crippen molar-refractivity contribution in [1.82, 2.24) is 4.57 Å². The van der Waals surface area contributed by atoms with Crippen molar-refractivity contribution < 1.29 is 9.90 Å². The van der Waals surface area contributed by atoms with Crippen molar-refractivity contribution in [2.45, 2.75) is 26.8 Å². The molecule has 0 saturated carbocycles. The molecule has 0 saturated heterocycles. The van der Waals surface area contributed by atoms with E-state index in [0.29, 0.717) is 18.5 Å². The summed E-state index contributed by atoms with van der Waals surface area (Å²) in [7, 11) is 0. The first-order valence-electron chi connectivity index (χ1n) is 6.48. The number of pyridine rings is 1. The van der Waals surface area contributed by atoms with Gasteiger partial charge in [0.1, 0.15) is 5.56 Å². The number of aryl methyl sites for hydroxylation is 3. The Morgan fingerprint density at radius 3 is 2.45 bits per heavy atom. The average molecular weight is 271 g/mol. The molecule has 1 N–H and O–H groups in total. The van der Waals surface area contributed by atoms with Crippen LogP contribution in [0.25, 0.3) is 0 Å². The molecule has 0 aliphatic rings. The van der Waals surface area contributed by atoms with E-state index in [-0.39, 0.29) is 5.56 Å². The molecule has 0 spiro atoms. The zero-order valence-corrected chi connectivity index (χ0v) is 11.6. The van der Waals surface area contributed by atoms with Gasteiger partial charge in [-0.2, -0.15) is 0 Å². The first kappa shape index (κ1) is 14.1. The largest absolute Gasteiger partial charge is 0.477 e. The molecule has 1 aromatic carbocycles. The lowest BCUT2D eigenvalue weighted by Gasteiger charge is -2.11. The van der Waals surface area contributed by atoms with Crippen LogP contribution in [0.1, 0.15) is 27.0 Å². The first-order valence-corrected chi connectivity index (χ1v) is 6.48. The fourth-order valence-electron chi connectivity index (χ4n) is 2.20. The van der Waals surface area contributed by atoms with E-state index >= 15 is 0 Å². The summed E-state index contributed by atoms with van der Waals surface area (Å²) in [6.07, 6.45) is 2.43. The minimum Gasteiger partial charge on any atom is -0.477 e. The fraction of sp³-hybridized carbons (Fsp3) is 0.250. The highest BCUT2D eigenvalue weighted by atomic mass is 16.4. The van der Waals surface area contributed by atoms with Crippen molar-refractivity contribution in [1.29, 1.82) is 0 Å². The highest BCUT2D eigenvalue weighted by Crippen LogP contribution is 2.09. The van der Waals surface area contributed by atoms with Crippen LogP contribution < -0.4 is 5.56 Å². The number of nitrogens with zero attached hydrogens (tertiary/aromatic N) is 1. The second-order valence-electron chi connectivity index (χ2n) is 4.85. The van der Waals surface area contributed by atoms with E-state index in [9.17, 15) is 9.59 Å². The summed E-state index contributed by atoms with van der Waals surface area (Å²) in [5.41, 5.74) is 1.91. The monoisotopic (exact) mass is 271 g/mol. The van der Waals surface area contributed by atoms with Gasteiger partial charge in [-0.25, -0.2) is 4.79 Å². The van der Waals surface area contributed by atoms with Gasteiger partial charge in [-0.1, -0.05) is 30.3 Å². The molecule has 0 amide bonds. The van der Waals surface area contributed by atoms with Crippen LogP contribution in [0.5, 0.6) is 0 Å². The molecule has 0 aliphatic carbocycles. The Hall–Kier alpha value is -2.36. The Bertz CT molecular complexity index is 687. The van der Waals surface area contributed by atoms with Gasteiger partial charge in [0.05, 0.1) is 0 Å². The van der Waals surface area contributed by atoms with Crippen LogP contribution in [-0.2, 0) is 13.0 Å². The van der Waals surface area contributed by atoms with Gasteiger partial charge >= 0.3 is 5.97 Å². The predicted molar refractivity (Wildman–Crippen MR) is 77.3 cm³/mol. The van der Waals surface area contributed by atoms with Gasteiger partial charge in [0.2, 0.25) is 0 Å². The number of hydrogen-bond acceptors (Lipinski definition) is 2. The third-order valence-electron chi connectivity index (χ3n) is 3.49. The van der Waals surface area contributed by atoms with E-state index in [1.165, 1.54) is 4.57 Å². The minimum atomic E-state index is -1.16. The van der Waals surface area contributed by atoms with Crippen LogP contribution >= 0.6 is 0 Å². The van der Waals surface area contributed by atoms with Crippen LogP contribution in [0.4, 0.5) is 0 Å². The molecular weight excluding hydrogens is 254 g/mol. The Morgan fingerprint density at radius 1 is 1.20 bits per heavy atom. The summed E-state index contributed by atoms with van der Waals surface area (Å²) in [5.74, 6) is -1.16. The third kappa shape index (κ3) is 2.79. The van der Waals surface area contributed by atoms with Crippen LogP contribution in [0.15, 0.2) is 41.3 Å². The molecule has 20 heavy (non-hydrogen) atoms. The van der Waals surface area contributed by atoms with Crippen LogP contribution in [0, 0.1) is 13.8 Å². The van der Waals surface area contributed by atoms with Crippen LogP contribution in [-0.4, -0.2) is 15.6 Å². The maximum atomic E-state index is 12.2. The summed E-state index contributed by atoms with van der Waals surface area (Å²) in [4.78, 5) is 23.4. The normalized spacial score (nSPS) is 10.5. The number of carboxylic acid groups (broad SMARTS) is 1. The lowest BCUT2D eigenvalue weighted by Crippen LogP contribution is -2.28. The molecule has 2 rings (SSSR count). The van der Waals surface area contributed by atoms with Gasteiger partial charge in [0, 0.05) is 12.7 Å². The Labute approximate surface area is 117 Å². The van der Waals surface area contributed by atoms with Gasteiger partial charge in [-0.05, 0) is 37.0 Å². The second-order valence-corrected chi connectivity index (χ2v) is 4.85. The molecule has 4 heteroatoms. The van der Waals surface area contributed by atoms with Gasteiger partial charge in [0.25, 0.3) is 5.56 Å². The number of carbonyl (C=O) groups is 1. The zero-order valence-electron chi connectivity index (χ0n) is 11.6. The van der Waals surface area contributed by atoms with E-state index in [1.807, 2.05) is 37.3 Å². The number of carboxylic acids is 1. The fourth-order valence-corrected chi connectivity index (χ4v) is 2.20. The molecule has 0 aliphatic heterocycles. The molecule has 1 heterocycles. The van der Waals surface area contributed by atoms with E-state index in [1.54, 1.807) is 13.1 Å². The number of aromatic carboxylic acids is 1. The van der Waals surface area contributed by atoms with Crippen LogP contribution in [0.3, 0.4) is 0 Å². The van der Waals surface area contributed by atoms with Crippen molar-refractivity contribution in [3.8, 4) is 0 Å². The maximum Gasteiger partial charge on any atom is 0.341 e. The van der Waals surface area contributed by atoms with E-state index in [0.717, 1.165) is 11.1 Å². The smallest absolute Gasteiger partial charge is 0.341 e. The number of benzene rings is 1. The molecular formula is C16H17NO3. The third-order valence-corrected chi connectivity index (χ3v) is 3.49. The molecule has 2 aromatic rings. The predicted octanol–water partition coefficient (Wildman–Crippen LogP) is 2.41. The summed E-state index contributed by atoms with van der Waals surface area (Å²) < 4.78 is 1.48. The number of rotatable bonds is 4. The minimum absolute atomic E-state index is 0.127. The molecule has 0 unspecified atom stereocenters. The second kappa shape index (κ2) is 5.74. The van der Waals surface area contributed by atoms with E-state index in [2.05, 4.69) is 0 Å². The lowest BCUT2D eigenvalue weighted by atomic mass is 10.1. The molecule has 4 nitrogen and oxygen atoms in total. The molecule has 1 aromatic heterocycles. The topological polar surface area (TPSA) is 59.3 Å². The highest BCUT2D eigenvalue weighted by molar-refractivity contribution is 5.89. The summed E-state index contributed by atoms with van der Waals surface area (Å²) in [6.45, 7) is 3.96. The quantitative estimate of drug-likeness (QED) is 0.929. The zero-order chi connectivity index (χ0) is 14.7. The molecule has 104 valence electrons. The van der Waals surface area contributed by atoms with E-state index in [4.69, 9.17) is 5.11 Å². The number of hydrogen-bond donors (Lipinski definition) is 1. The maximum absolute atomic E-state index is 12.2. The van der Waals surface area contributed by atoms with Crippen molar-refractivity contribution in [3.63, 3.8) is 0 Å². The SMILES string of the molecule is Cc1cn(CCc2ccccc2)c(=O)c(C(=O)O)c1C. The molecule has 0 atom stereocenters. The van der Waals surface area contributed by atoms with Crippen molar-refractivity contribution >= 4 is 5.97 Å². The summed E-state index contributed by atoms with van der Waals surface area (Å²) in [6, 6.07) is 9.81. The summed E-state index contributed by atoms with van der Waals surface area (Å²) in [5, 5.41) is 9.17. The van der Waals surface area contributed by atoms with Crippen molar-refractivity contribution in [2.24, 2.45) is 0 Å². The molecule has 0 fully saturated rings. The molecule has 0 radical (unpaired) electrons. The Kier molecular flexibility index (Phi) is 4.03. The Balaban J connectivity index is 2.34. The van der Waals surface area contributed by atoms with Gasteiger partial charge in [0.15, 0.2) is 0 Å². The first-order chi connectivity index (χ1) is 9.50. The Morgan fingerprint density at radius 2 is 1.85 bits per heavy atom. The van der Waals surface area contributed by atoms with Crippen molar-refractivity contribution in [3.05, 3.63) is 69.1 Å².